The highest BCUT2D eigenvalue weighted by Crippen LogP contribution is 2.22. The lowest BCUT2D eigenvalue weighted by Gasteiger charge is -2.11. The third kappa shape index (κ3) is 2.59. The second-order valence-corrected chi connectivity index (χ2v) is 4.40. The summed E-state index contributed by atoms with van der Waals surface area (Å²) in [6.07, 6.45) is 0. The number of aryl methyl sites for hydroxylation is 2. The standard InChI is InChI=1S/C14H17N3O3/c1-9-12(14(18)19)13(17(2)16-9)15-8-10-6-4-5-7-11(10)20-3/h4-7,15H,8H2,1-3H3,(H,18,19). The molecule has 0 spiro atoms. The van der Waals surface area contributed by atoms with Crippen LogP contribution in [0.25, 0.3) is 0 Å². The van der Waals surface area contributed by atoms with Crippen molar-refractivity contribution in [2.75, 3.05) is 12.4 Å². The zero-order valence-electron chi connectivity index (χ0n) is 11.7. The van der Waals surface area contributed by atoms with Crippen LogP contribution in [0.15, 0.2) is 24.3 Å². The minimum atomic E-state index is -0.988. The van der Waals surface area contributed by atoms with Crippen molar-refractivity contribution in [3.8, 4) is 5.75 Å². The molecule has 1 heterocycles. The monoisotopic (exact) mass is 275 g/mol. The normalized spacial score (nSPS) is 10.3. The van der Waals surface area contributed by atoms with Crippen LogP contribution in [0, 0.1) is 6.92 Å². The number of carboxylic acids is 1. The number of nitrogens with one attached hydrogen (secondary N) is 1. The summed E-state index contributed by atoms with van der Waals surface area (Å²) in [6.45, 7) is 2.14. The molecule has 0 bridgehead atoms. The molecule has 1 aromatic carbocycles. The van der Waals surface area contributed by atoms with Crippen molar-refractivity contribution in [1.82, 2.24) is 9.78 Å². The van der Waals surface area contributed by atoms with E-state index in [9.17, 15) is 9.90 Å². The van der Waals surface area contributed by atoms with E-state index < -0.39 is 5.97 Å². The molecule has 6 heteroatoms. The number of anilines is 1. The molecule has 0 aliphatic rings. The molecular weight excluding hydrogens is 258 g/mol. The van der Waals surface area contributed by atoms with Crippen LogP contribution in [0.4, 0.5) is 5.82 Å². The molecule has 0 unspecified atom stereocenters. The smallest absolute Gasteiger partial charge is 0.341 e. The predicted molar refractivity (Wildman–Crippen MR) is 75.2 cm³/mol. The van der Waals surface area contributed by atoms with Gasteiger partial charge in [-0.3, -0.25) is 4.68 Å². The Balaban J connectivity index is 2.25. The van der Waals surface area contributed by atoms with E-state index in [4.69, 9.17) is 4.74 Å². The third-order valence-corrected chi connectivity index (χ3v) is 3.07. The molecule has 0 aliphatic carbocycles. The first kappa shape index (κ1) is 13.9. The number of rotatable bonds is 5. The Bertz CT molecular complexity index is 635. The average Bonchev–Trinajstić information content (AvgIpc) is 2.71. The topological polar surface area (TPSA) is 76.4 Å². The Morgan fingerprint density at radius 1 is 1.45 bits per heavy atom. The zero-order valence-corrected chi connectivity index (χ0v) is 11.7. The Morgan fingerprint density at radius 2 is 2.15 bits per heavy atom. The van der Waals surface area contributed by atoms with Gasteiger partial charge >= 0.3 is 5.97 Å². The van der Waals surface area contributed by atoms with Crippen LogP contribution in [0.5, 0.6) is 5.75 Å². The van der Waals surface area contributed by atoms with Gasteiger partial charge in [0.2, 0.25) is 0 Å². The molecule has 1 aromatic heterocycles. The summed E-state index contributed by atoms with van der Waals surface area (Å²) < 4.78 is 6.80. The average molecular weight is 275 g/mol. The van der Waals surface area contributed by atoms with E-state index in [-0.39, 0.29) is 5.56 Å². The van der Waals surface area contributed by atoms with E-state index in [1.54, 1.807) is 21.1 Å². The van der Waals surface area contributed by atoms with Gasteiger partial charge in [-0.2, -0.15) is 5.10 Å². The number of carboxylic acid groups (broad SMARTS) is 1. The van der Waals surface area contributed by atoms with E-state index in [2.05, 4.69) is 10.4 Å². The Labute approximate surface area is 117 Å². The van der Waals surface area contributed by atoms with Gasteiger partial charge in [0.1, 0.15) is 17.1 Å². The van der Waals surface area contributed by atoms with Crippen molar-refractivity contribution in [3.63, 3.8) is 0 Å². The first-order valence-electron chi connectivity index (χ1n) is 6.17. The van der Waals surface area contributed by atoms with Crippen LogP contribution in [-0.2, 0) is 13.6 Å². The molecule has 0 fully saturated rings. The summed E-state index contributed by atoms with van der Waals surface area (Å²) >= 11 is 0. The van der Waals surface area contributed by atoms with Gasteiger partial charge in [-0.1, -0.05) is 18.2 Å². The van der Waals surface area contributed by atoms with Crippen molar-refractivity contribution in [2.24, 2.45) is 7.05 Å². The molecule has 2 rings (SSSR count). The molecule has 2 aromatic rings. The Morgan fingerprint density at radius 3 is 2.80 bits per heavy atom. The quantitative estimate of drug-likeness (QED) is 0.873. The van der Waals surface area contributed by atoms with E-state index in [0.29, 0.717) is 18.1 Å². The molecule has 0 amide bonds. The maximum atomic E-state index is 11.3. The number of carbonyl (C=O) groups is 1. The van der Waals surface area contributed by atoms with Crippen LogP contribution >= 0.6 is 0 Å². The highest BCUT2D eigenvalue weighted by Gasteiger charge is 2.19. The van der Waals surface area contributed by atoms with Gasteiger partial charge in [0.25, 0.3) is 0 Å². The van der Waals surface area contributed by atoms with Crippen LogP contribution < -0.4 is 10.1 Å². The summed E-state index contributed by atoms with van der Waals surface area (Å²) in [5, 5.41) is 16.5. The number of hydrogen-bond donors (Lipinski definition) is 2. The van der Waals surface area contributed by atoms with E-state index in [0.717, 1.165) is 11.3 Å². The minimum Gasteiger partial charge on any atom is -0.496 e. The molecule has 0 saturated carbocycles. The minimum absolute atomic E-state index is 0.197. The molecule has 2 N–H and O–H groups in total. The fourth-order valence-corrected chi connectivity index (χ4v) is 2.14. The predicted octanol–water partition coefficient (Wildman–Crippen LogP) is 2.05. The fourth-order valence-electron chi connectivity index (χ4n) is 2.14. The Kier molecular flexibility index (Phi) is 3.93. The van der Waals surface area contributed by atoms with Gasteiger partial charge in [-0.25, -0.2) is 4.79 Å². The zero-order chi connectivity index (χ0) is 14.7. The van der Waals surface area contributed by atoms with Gasteiger partial charge in [-0.05, 0) is 13.0 Å². The van der Waals surface area contributed by atoms with Crippen LogP contribution in [0.2, 0.25) is 0 Å². The van der Waals surface area contributed by atoms with Gasteiger partial charge in [0, 0.05) is 19.2 Å². The number of methoxy groups -OCH3 is 1. The highest BCUT2D eigenvalue weighted by atomic mass is 16.5. The van der Waals surface area contributed by atoms with Gasteiger partial charge in [0.15, 0.2) is 0 Å². The first-order chi connectivity index (χ1) is 9.54. The first-order valence-corrected chi connectivity index (χ1v) is 6.17. The van der Waals surface area contributed by atoms with Gasteiger partial charge in [-0.15, -0.1) is 0 Å². The molecule has 0 atom stereocenters. The lowest BCUT2D eigenvalue weighted by molar-refractivity contribution is 0.0697. The maximum Gasteiger partial charge on any atom is 0.341 e. The molecular formula is C14H17N3O3. The molecule has 0 radical (unpaired) electrons. The maximum absolute atomic E-state index is 11.3. The summed E-state index contributed by atoms with van der Waals surface area (Å²) in [4.78, 5) is 11.3. The van der Waals surface area contributed by atoms with Crippen LogP contribution in [0.1, 0.15) is 21.6 Å². The van der Waals surface area contributed by atoms with Crippen molar-refractivity contribution >= 4 is 11.8 Å². The SMILES string of the molecule is COc1ccccc1CNc1c(C(=O)O)c(C)nn1C. The number of benzene rings is 1. The summed E-state index contributed by atoms with van der Waals surface area (Å²) in [5.41, 5.74) is 1.63. The van der Waals surface area contributed by atoms with Crippen molar-refractivity contribution in [1.29, 1.82) is 0 Å². The molecule has 0 aliphatic heterocycles. The van der Waals surface area contributed by atoms with Gasteiger partial charge in [0.05, 0.1) is 12.8 Å². The third-order valence-electron chi connectivity index (χ3n) is 3.07. The van der Waals surface area contributed by atoms with Crippen molar-refractivity contribution in [2.45, 2.75) is 13.5 Å². The summed E-state index contributed by atoms with van der Waals surface area (Å²) in [7, 11) is 3.32. The number of nitrogens with zero attached hydrogens (tertiary/aromatic N) is 2. The van der Waals surface area contributed by atoms with Crippen molar-refractivity contribution in [3.05, 3.63) is 41.1 Å². The van der Waals surface area contributed by atoms with Crippen molar-refractivity contribution < 1.29 is 14.6 Å². The lowest BCUT2D eigenvalue weighted by atomic mass is 10.2. The summed E-state index contributed by atoms with van der Waals surface area (Å²) in [6, 6.07) is 7.59. The highest BCUT2D eigenvalue weighted by molar-refractivity contribution is 5.94. The Hall–Kier alpha value is -2.50. The van der Waals surface area contributed by atoms with Gasteiger partial charge < -0.3 is 15.2 Å². The molecule has 6 nitrogen and oxygen atoms in total. The molecule has 0 saturated heterocycles. The number of ether oxygens (including phenoxy) is 1. The lowest BCUT2D eigenvalue weighted by Crippen LogP contribution is -2.09. The second-order valence-electron chi connectivity index (χ2n) is 4.40. The summed E-state index contributed by atoms with van der Waals surface area (Å²) in [5.74, 6) is 0.259. The number of aromatic carboxylic acids is 1. The van der Waals surface area contributed by atoms with E-state index >= 15 is 0 Å². The fraction of sp³-hybridized carbons (Fsp3) is 0.286. The second kappa shape index (κ2) is 5.64. The largest absolute Gasteiger partial charge is 0.496 e. The number of para-hydroxylation sites is 1. The molecule has 20 heavy (non-hydrogen) atoms. The van der Waals surface area contributed by atoms with E-state index in [1.165, 1.54) is 4.68 Å². The van der Waals surface area contributed by atoms with Crippen LogP contribution in [0.3, 0.4) is 0 Å². The number of aromatic nitrogens is 2. The van der Waals surface area contributed by atoms with Crippen LogP contribution in [-0.4, -0.2) is 28.0 Å². The molecule has 106 valence electrons. The number of hydrogen-bond acceptors (Lipinski definition) is 4. The van der Waals surface area contributed by atoms with E-state index in [1.807, 2.05) is 24.3 Å².